The number of nitrogens with zero attached hydrogens (tertiary/aromatic N) is 1. The van der Waals surface area contributed by atoms with Gasteiger partial charge in [0.1, 0.15) is 18.4 Å². The van der Waals surface area contributed by atoms with E-state index >= 15 is 0 Å². The van der Waals surface area contributed by atoms with Gasteiger partial charge in [-0.1, -0.05) is 29.8 Å². The fourth-order valence-corrected chi connectivity index (χ4v) is 1.72. The molecule has 0 heterocycles. The number of nitrogen functional groups attached to an aromatic ring is 1. The highest BCUT2D eigenvalue weighted by Gasteiger charge is 2.05. The minimum Gasteiger partial charge on any atom is -0.487 e. The van der Waals surface area contributed by atoms with Crippen molar-refractivity contribution in [2.24, 2.45) is 0 Å². The molecule has 2 rings (SSSR count). The number of nitrogens with two attached hydrogens (primary N) is 1. The predicted molar refractivity (Wildman–Crippen MR) is 71.4 cm³/mol. The van der Waals surface area contributed by atoms with E-state index in [0.717, 1.165) is 5.56 Å². The summed E-state index contributed by atoms with van der Waals surface area (Å²) in [6.45, 7) is 0.318. The maximum Gasteiger partial charge on any atom is 0.137 e. The molecule has 0 aliphatic carbocycles. The highest BCUT2D eigenvalue weighted by Crippen LogP contribution is 2.23. The number of anilines is 1. The fraction of sp³-hybridized carbons (Fsp3) is 0.0714. The minimum atomic E-state index is 0.318. The SMILES string of the molecule is N#Cc1cc(N)ccc1OCc1ccccc1Cl. The van der Waals surface area contributed by atoms with E-state index in [2.05, 4.69) is 0 Å². The first kappa shape index (κ1) is 12.3. The number of hydrogen-bond acceptors (Lipinski definition) is 3. The predicted octanol–water partition coefficient (Wildman–Crippen LogP) is 3.37. The van der Waals surface area contributed by atoms with Gasteiger partial charge in [-0.3, -0.25) is 0 Å². The van der Waals surface area contributed by atoms with Crippen molar-refractivity contribution in [2.75, 3.05) is 5.73 Å². The van der Waals surface area contributed by atoms with Gasteiger partial charge >= 0.3 is 0 Å². The van der Waals surface area contributed by atoms with Crippen LogP contribution in [-0.4, -0.2) is 0 Å². The van der Waals surface area contributed by atoms with Crippen molar-refractivity contribution in [3.8, 4) is 11.8 Å². The number of nitriles is 1. The Kier molecular flexibility index (Phi) is 3.71. The molecule has 0 radical (unpaired) electrons. The van der Waals surface area contributed by atoms with E-state index in [0.29, 0.717) is 28.6 Å². The number of hydrogen-bond donors (Lipinski definition) is 1. The standard InChI is InChI=1S/C14H11ClN2O/c15-13-4-2-1-3-10(13)9-18-14-6-5-12(17)7-11(14)8-16/h1-7H,9,17H2. The Morgan fingerprint density at radius 2 is 2.00 bits per heavy atom. The summed E-state index contributed by atoms with van der Waals surface area (Å²) in [6, 6.07) is 14.4. The molecule has 0 atom stereocenters. The van der Waals surface area contributed by atoms with Crippen LogP contribution in [0.5, 0.6) is 5.75 Å². The van der Waals surface area contributed by atoms with Crippen molar-refractivity contribution in [1.29, 1.82) is 5.26 Å². The minimum absolute atomic E-state index is 0.318. The van der Waals surface area contributed by atoms with Crippen LogP contribution in [0.3, 0.4) is 0 Å². The molecule has 2 N–H and O–H groups in total. The summed E-state index contributed by atoms with van der Waals surface area (Å²) in [4.78, 5) is 0. The topological polar surface area (TPSA) is 59.0 Å². The summed E-state index contributed by atoms with van der Waals surface area (Å²) < 4.78 is 5.59. The van der Waals surface area contributed by atoms with Crippen molar-refractivity contribution >= 4 is 17.3 Å². The third-order valence-electron chi connectivity index (χ3n) is 2.47. The molecule has 0 aliphatic heterocycles. The van der Waals surface area contributed by atoms with E-state index < -0.39 is 0 Å². The molecule has 0 bridgehead atoms. The molecule has 90 valence electrons. The van der Waals surface area contributed by atoms with Crippen molar-refractivity contribution < 1.29 is 4.74 Å². The zero-order chi connectivity index (χ0) is 13.0. The highest BCUT2D eigenvalue weighted by atomic mass is 35.5. The third kappa shape index (κ3) is 2.73. The van der Waals surface area contributed by atoms with Gasteiger partial charge in [-0.2, -0.15) is 5.26 Å². The molecule has 0 aromatic heterocycles. The lowest BCUT2D eigenvalue weighted by Gasteiger charge is -2.09. The first-order valence-electron chi connectivity index (χ1n) is 5.36. The van der Waals surface area contributed by atoms with Crippen molar-refractivity contribution in [3.63, 3.8) is 0 Å². The molecule has 0 spiro atoms. The Labute approximate surface area is 110 Å². The van der Waals surface area contributed by atoms with Crippen molar-refractivity contribution in [2.45, 2.75) is 6.61 Å². The molecular formula is C14H11ClN2O. The second-order valence-corrected chi connectivity index (χ2v) is 4.15. The van der Waals surface area contributed by atoms with Gasteiger partial charge in [-0.05, 0) is 24.3 Å². The number of rotatable bonds is 3. The molecule has 0 saturated heterocycles. The van der Waals surface area contributed by atoms with Crippen LogP contribution in [0, 0.1) is 11.3 Å². The summed E-state index contributed by atoms with van der Waals surface area (Å²) in [7, 11) is 0. The molecule has 4 heteroatoms. The van der Waals surface area contributed by atoms with Gasteiger partial charge < -0.3 is 10.5 Å². The van der Waals surface area contributed by atoms with E-state index in [4.69, 9.17) is 27.3 Å². The fourth-order valence-electron chi connectivity index (χ4n) is 1.53. The van der Waals surface area contributed by atoms with E-state index in [1.54, 1.807) is 24.3 Å². The Hall–Kier alpha value is -2.18. The van der Waals surface area contributed by atoms with Crippen LogP contribution in [0.15, 0.2) is 42.5 Å². The lowest BCUT2D eigenvalue weighted by atomic mass is 10.2. The van der Waals surface area contributed by atoms with Crippen LogP contribution in [0.1, 0.15) is 11.1 Å². The summed E-state index contributed by atoms with van der Waals surface area (Å²) >= 11 is 6.02. The summed E-state index contributed by atoms with van der Waals surface area (Å²) in [5, 5.41) is 9.63. The van der Waals surface area contributed by atoms with E-state index in [9.17, 15) is 0 Å². The summed E-state index contributed by atoms with van der Waals surface area (Å²) in [5.74, 6) is 0.506. The molecule has 3 nitrogen and oxygen atoms in total. The van der Waals surface area contributed by atoms with Gasteiger partial charge in [0.15, 0.2) is 0 Å². The molecule has 0 saturated carbocycles. The van der Waals surface area contributed by atoms with Gasteiger partial charge in [0, 0.05) is 16.3 Å². The smallest absolute Gasteiger partial charge is 0.137 e. The molecule has 2 aromatic carbocycles. The number of benzene rings is 2. The first-order valence-corrected chi connectivity index (χ1v) is 5.74. The second kappa shape index (κ2) is 5.44. The summed E-state index contributed by atoms with van der Waals surface area (Å²) in [5.41, 5.74) is 7.44. The van der Waals surface area contributed by atoms with Crippen LogP contribution in [0.25, 0.3) is 0 Å². The lowest BCUT2D eigenvalue weighted by molar-refractivity contribution is 0.305. The molecular weight excluding hydrogens is 248 g/mol. The van der Waals surface area contributed by atoms with Crippen LogP contribution in [0.4, 0.5) is 5.69 Å². The van der Waals surface area contributed by atoms with E-state index in [-0.39, 0.29) is 0 Å². The Balaban J connectivity index is 2.16. The molecule has 0 aliphatic rings. The van der Waals surface area contributed by atoms with Crippen LogP contribution < -0.4 is 10.5 Å². The van der Waals surface area contributed by atoms with Crippen LogP contribution in [-0.2, 0) is 6.61 Å². The Bertz CT molecular complexity index is 605. The van der Waals surface area contributed by atoms with Crippen LogP contribution >= 0.6 is 11.6 Å². The largest absolute Gasteiger partial charge is 0.487 e. The average molecular weight is 259 g/mol. The quantitative estimate of drug-likeness (QED) is 0.859. The third-order valence-corrected chi connectivity index (χ3v) is 2.83. The highest BCUT2D eigenvalue weighted by molar-refractivity contribution is 6.31. The Morgan fingerprint density at radius 3 is 2.72 bits per heavy atom. The maximum absolute atomic E-state index is 8.98. The van der Waals surface area contributed by atoms with E-state index in [1.165, 1.54) is 0 Å². The Morgan fingerprint density at radius 1 is 1.22 bits per heavy atom. The lowest BCUT2D eigenvalue weighted by Crippen LogP contribution is -1.98. The molecule has 0 amide bonds. The van der Waals surface area contributed by atoms with Gasteiger partial charge in [0.25, 0.3) is 0 Å². The van der Waals surface area contributed by atoms with Crippen molar-refractivity contribution in [3.05, 3.63) is 58.6 Å². The van der Waals surface area contributed by atoms with Crippen LogP contribution in [0.2, 0.25) is 5.02 Å². The van der Waals surface area contributed by atoms with Gasteiger partial charge in [-0.25, -0.2) is 0 Å². The molecule has 18 heavy (non-hydrogen) atoms. The number of ether oxygens (including phenoxy) is 1. The molecule has 2 aromatic rings. The molecule has 0 unspecified atom stereocenters. The van der Waals surface area contributed by atoms with Gasteiger partial charge in [0.05, 0.1) is 5.56 Å². The maximum atomic E-state index is 8.98. The van der Waals surface area contributed by atoms with E-state index in [1.807, 2.05) is 24.3 Å². The first-order chi connectivity index (χ1) is 8.70. The summed E-state index contributed by atoms with van der Waals surface area (Å²) in [6.07, 6.45) is 0. The average Bonchev–Trinajstić information content (AvgIpc) is 2.39. The van der Waals surface area contributed by atoms with Gasteiger partial charge in [0.2, 0.25) is 0 Å². The molecule has 0 fully saturated rings. The second-order valence-electron chi connectivity index (χ2n) is 3.75. The van der Waals surface area contributed by atoms with Crippen molar-refractivity contribution in [1.82, 2.24) is 0 Å². The monoisotopic (exact) mass is 258 g/mol. The normalized spacial score (nSPS) is 9.78. The van der Waals surface area contributed by atoms with Gasteiger partial charge in [-0.15, -0.1) is 0 Å². The zero-order valence-electron chi connectivity index (χ0n) is 9.56. The zero-order valence-corrected chi connectivity index (χ0v) is 10.3. The number of halogens is 1.